The average Bonchev–Trinajstić information content (AvgIpc) is 2.85. The van der Waals surface area contributed by atoms with Crippen molar-refractivity contribution in [2.24, 2.45) is 0 Å². The molecule has 1 unspecified atom stereocenters. The molecule has 2 aromatic rings. The number of H-pyrrole nitrogens is 1. The molecule has 0 radical (unpaired) electrons. The molecule has 0 aliphatic carbocycles. The quantitative estimate of drug-likeness (QED) is 0.546. The summed E-state index contributed by atoms with van der Waals surface area (Å²) in [6.07, 6.45) is 3.81. The Morgan fingerprint density at radius 3 is 2.94 bits per heavy atom. The zero-order valence-corrected chi connectivity index (χ0v) is 10.5. The third kappa shape index (κ3) is 1.96. The molecule has 1 aromatic heterocycles. The zero-order valence-electron chi connectivity index (χ0n) is 8.81. The van der Waals surface area contributed by atoms with Crippen LogP contribution in [0.2, 0.25) is 0 Å². The van der Waals surface area contributed by atoms with E-state index in [1.807, 2.05) is 36.5 Å². The Morgan fingerprint density at radius 1 is 1.35 bits per heavy atom. The number of aromatic nitrogens is 1. The van der Waals surface area contributed by atoms with Gasteiger partial charge in [0.15, 0.2) is 0 Å². The van der Waals surface area contributed by atoms with Gasteiger partial charge in [0.1, 0.15) is 4.71 Å². The molecular formula is C12H10N2OS2. The van der Waals surface area contributed by atoms with Crippen LogP contribution in [0.5, 0.6) is 0 Å². The van der Waals surface area contributed by atoms with E-state index in [9.17, 15) is 4.79 Å². The van der Waals surface area contributed by atoms with E-state index in [0.29, 0.717) is 4.91 Å². The second kappa shape index (κ2) is 4.16. The van der Waals surface area contributed by atoms with Crippen LogP contribution < -0.4 is 5.32 Å². The number of nitrogens with one attached hydrogen (secondary N) is 2. The number of thiol groups is 1. The van der Waals surface area contributed by atoms with Crippen LogP contribution in [0.15, 0.2) is 35.4 Å². The summed E-state index contributed by atoms with van der Waals surface area (Å²) in [5.41, 5.74) is 2.10. The first-order chi connectivity index (χ1) is 8.24. The maximum Gasteiger partial charge on any atom is 0.259 e. The number of thioether (sulfide) groups is 1. The minimum atomic E-state index is -0.140. The Bertz CT molecular complexity index is 618. The van der Waals surface area contributed by atoms with E-state index in [4.69, 9.17) is 0 Å². The normalized spacial score (nSPS) is 22.3. The fraction of sp³-hybridized carbons (Fsp3) is 0.0833. The van der Waals surface area contributed by atoms with Gasteiger partial charge in [0, 0.05) is 22.7 Å². The number of benzene rings is 1. The number of para-hydroxylation sites is 1. The van der Waals surface area contributed by atoms with Gasteiger partial charge < -0.3 is 10.3 Å². The highest BCUT2D eigenvalue weighted by atomic mass is 32.2. The Morgan fingerprint density at radius 2 is 2.18 bits per heavy atom. The molecule has 1 aliphatic heterocycles. The predicted molar refractivity (Wildman–Crippen MR) is 74.8 cm³/mol. The maximum atomic E-state index is 11.6. The Labute approximate surface area is 108 Å². The smallest absolute Gasteiger partial charge is 0.259 e. The van der Waals surface area contributed by atoms with Crippen molar-refractivity contribution in [1.82, 2.24) is 10.3 Å². The van der Waals surface area contributed by atoms with E-state index in [-0.39, 0.29) is 10.6 Å². The van der Waals surface area contributed by atoms with Crippen LogP contribution in [-0.4, -0.2) is 15.6 Å². The van der Waals surface area contributed by atoms with Crippen LogP contribution in [0.3, 0.4) is 0 Å². The minimum absolute atomic E-state index is 0.0553. The molecule has 86 valence electrons. The summed E-state index contributed by atoms with van der Waals surface area (Å²) in [6.45, 7) is 0. The molecule has 3 nitrogen and oxygen atoms in total. The number of amides is 1. The number of hydrogen-bond acceptors (Lipinski definition) is 3. The summed E-state index contributed by atoms with van der Waals surface area (Å²) >= 11 is 5.65. The van der Waals surface area contributed by atoms with Gasteiger partial charge in [0.2, 0.25) is 0 Å². The monoisotopic (exact) mass is 262 g/mol. The van der Waals surface area contributed by atoms with Gasteiger partial charge in [-0.1, -0.05) is 30.0 Å². The van der Waals surface area contributed by atoms with E-state index in [0.717, 1.165) is 16.5 Å². The van der Waals surface area contributed by atoms with Crippen LogP contribution in [0.4, 0.5) is 0 Å². The lowest BCUT2D eigenvalue weighted by molar-refractivity contribution is -0.116. The molecule has 1 atom stereocenters. The fourth-order valence-electron chi connectivity index (χ4n) is 1.84. The van der Waals surface area contributed by atoms with Crippen LogP contribution in [0.1, 0.15) is 5.56 Å². The van der Waals surface area contributed by atoms with Crippen molar-refractivity contribution in [2.75, 3.05) is 0 Å². The maximum absolute atomic E-state index is 11.6. The summed E-state index contributed by atoms with van der Waals surface area (Å²) < 4.78 is -0.140. The van der Waals surface area contributed by atoms with Gasteiger partial charge in [-0.25, -0.2) is 0 Å². The van der Waals surface area contributed by atoms with E-state index >= 15 is 0 Å². The lowest BCUT2D eigenvalue weighted by atomic mass is 10.1. The fourth-order valence-corrected chi connectivity index (χ4v) is 3.07. The van der Waals surface area contributed by atoms with E-state index in [1.165, 1.54) is 11.8 Å². The Hall–Kier alpha value is -1.33. The van der Waals surface area contributed by atoms with Gasteiger partial charge in [0.05, 0.1) is 4.91 Å². The van der Waals surface area contributed by atoms with Crippen LogP contribution in [0.25, 0.3) is 17.0 Å². The first-order valence-corrected chi connectivity index (χ1v) is 6.57. The first kappa shape index (κ1) is 10.8. The predicted octanol–water partition coefficient (Wildman–Crippen LogP) is 2.59. The van der Waals surface area contributed by atoms with E-state index in [1.54, 1.807) is 0 Å². The molecular weight excluding hydrogens is 252 g/mol. The second-order valence-electron chi connectivity index (χ2n) is 3.74. The molecule has 3 rings (SSSR count). The van der Waals surface area contributed by atoms with E-state index in [2.05, 4.69) is 22.9 Å². The summed E-state index contributed by atoms with van der Waals surface area (Å²) in [5.74, 6) is -0.0553. The van der Waals surface area contributed by atoms with Gasteiger partial charge >= 0.3 is 0 Å². The van der Waals surface area contributed by atoms with Gasteiger partial charge in [-0.05, 0) is 12.1 Å². The average molecular weight is 262 g/mol. The number of hydrogen-bond donors (Lipinski definition) is 3. The molecule has 1 saturated heterocycles. The van der Waals surface area contributed by atoms with Crippen molar-refractivity contribution < 1.29 is 4.79 Å². The first-order valence-electron chi connectivity index (χ1n) is 5.17. The number of carbonyl (C=O) groups excluding carboxylic acids is 1. The topological polar surface area (TPSA) is 44.9 Å². The standard InChI is InChI=1S/C12H10N2OS2/c15-11-10(17-12(16)14-11)5-7-6-13-9-4-2-1-3-8(7)9/h1-6,12-13,16H,(H,14,15)/b10-5-. The summed E-state index contributed by atoms with van der Waals surface area (Å²) in [4.78, 5) is 15.5. The summed E-state index contributed by atoms with van der Waals surface area (Å²) in [6, 6.07) is 8.02. The highest BCUT2D eigenvalue weighted by molar-refractivity contribution is 8.14. The Balaban J connectivity index is 2.05. The lowest BCUT2D eigenvalue weighted by Gasteiger charge is -1.94. The van der Waals surface area contributed by atoms with Crippen molar-refractivity contribution in [3.63, 3.8) is 0 Å². The SMILES string of the molecule is O=C1NC(S)S/C1=C\c1c[nH]c2ccccc12. The molecule has 2 heterocycles. The van der Waals surface area contributed by atoms with Gasteiger partial charge in [-0.3, -0.25) is 4.79 Å². The van der Waals surface area contributed by atoms with Crippen LogP contribution in [0, 0.1) is 0 Å². The second-order valence-corrected chi connectivity index (χ2v) is 5.75. The number of rotatable bonds is 1. The lowest BCUT2D eigenvalue weighted by Crippen LogP contribution is -2.19. The highest BCUT2D eigenvalue weighted by Gasteiger charge is 2.24. The van der Waals surface area contributed by atoms with Crippen molar-refractivity contribution in [3.05, 3.63) is 40.9 Å². The van der Waals surface area contributed by atoms with Gasteiger partial charge in [-0.15, -0.1) is 12.6 Å². The van der Waals surface area contributed by atoms with Crippen molar-refractivity contribution in [3.8, 4) is 0 Å². The van der Waals surface area contributed by atoms with Crippen LogP contribution >= 0.6 is 24.4 Å². The molecule has 5 heteroatoms. The highest BCUT2D eigenvalue weighted by Crippen LogP contribution is 2.32. The van der Waals surface area contributed by atoms with E-state index < -0.39 is 0 Å². The van der Waals surface area contributed by atoms with Crippen molar-refractivity contribution in [2.45, 2.75) is 4.71 Å². The minimum Gasteiger partial charge on any atom is -0.361 e. The van der Waals surface area contributed by atoms with Crippen molar-refractivity contribution in [1.29, 1.82) is 0 Å². The largest absolute Gasteiger partial charge is 0.361 e. The third-order valence-electron chi connectivity index (χ3n) is 2.62. The van der Waals surface area contributed by atoms with Crippen LogP contribution in [-0.2, 0) is 4.79 Å². The molecule has 17 heavy (non-hydrogen) atoms. The van der Waals surface area contributed by atoms with Gasteiger partial charge in [-0.2, -0.15) is 0 Å². The molecule has 0 bridgehead atoms. The number of aromatic amines is 1. The molecule has 1 amide bonds. The summed E-state index contributed by atoms with van der Waals surface area (Å²) in [5, 5.41) is 3.86. The molecule has 0 spiro atoms. The number of fused-ring (bicyclic) bond motifs is 1. The number of carbonyl (C=O) groups is 1. The summed E-state index contributed by atoms with van der Waals surface area (Å²) in [7, 11) is 0. The molecule has 1 aliphatic rings. The molecule has 0 saturated carbocycles. The Kier molecular flexibility index (Phi) is 2.64. The molecule has 1 aromatic carbocycles. The zero-order chi connectivity index (χ0) is 11.8. The van der Waals surface area contributed by atoms with Gasteiger partial charge in [0.25, 0.3) is 5.91 Å². The third-order valence-corrected chi connectivity index (χ3v) is 3.97. The molecule has 1 fully saturated rings. The molecule has 2 N–H and O–H groups in total. The van der Waals surface area contributed by atoms with Crippen molar-refractivity contribution >= 4 is 47.3 Å².